The van der Waals surface area contributed by atoms with Crippen molar-refractivity contribution in [3.63, 3.8) is 0 Å². The van der Waals surface area contributed by atoms with Gasteiger partial charge in [-0.05, 0) is 79.4 Å². The first-order valence-electron chi connectivity index (χ1n) is 8.12. The van der Waals surface area contributed by atoms with Gasteiger partial charge in [0.25, 0.3) is 0 Å². The molecule has 2 nitrogen and oxygen atoms in total. The molecule has 112 valence electrons. The number of rotatable bonds is 2. The van der Waals surface area contributed by atoms with Gasteiger partial charge in [0.15, 0.2) is 0 Å². The molecule has 3 heteroatoms. The summed E-state index contributed by atoms with van der Waals surface area (Å²) in [4.78, 5) is 11.1. The average Bonchev–Trinajstić information content (AvgIpc) is 2.39. The Hall–Kier alpha value is -1.38. The molecule has 1 N–H and O–H groups in total. The SMILES string of the molecule is CC(=O)Nc1ccc(C23CC4CC(CC(C4)C2)C3)cc1F. The van der Waals surface area contributed by atoms with Crippen molar-refractivity contribution in [1.29, 1.82) is 0 Å². The Morgan fingerprint density at radius 3 is 2.19 bits per heavy atom. The molecule has 0 unspecified atom stereocenters. The van der Waals surface area contributed by atoms with Gasteiger partial charge in [-0.3, -0.25) is 4.79 Å². The van der Waals surface area contributed by atoms with Crippen LogP contribution in [0, 0.1) is 23.6 Å². The zero-order valence-corrected chi connectivity index (χ0v) is 12.5. The molecule has 4 fully saturated rings. The summed E-state index contributed by atoms with van der Waals surface area (Å²) in [6.45, 7) is 1.41. The van der Waals surface area contributed by atoms with Gasteiger partial charge in [-0.15, -0.1) is 0 Å². The molecule has 21 heavy (non-hydrogen) atoms. The normalized spacial score (nSPS) is 36.8. The van der Waals surface area contributed by atoms with Gasteiger partial charge in [-0.2, -0.15) is 0 Å². The third kappa shape index (κ3) is 2.18. The minimum absolute atomic E-state index is 0.213. The van der Waals surface area contributed by atoms with E-state index in [1.165, 1.54) is 45.4 Å². The average molecular weight is 287 g/mol. The van der Waals surface area contributed by atoms with Crippen molar-refractivity contribution < 1.29 is 9.18 Å². The highest BCUT2D eigenvalue weighted by atomic mass is 19.1. The molecule has 0 aliphatic heterocycles. The van der Waals surface area contributed by atoms with E-state index in [2.05, 4.69) is 5.32 Å². The lowest BCUT2D eigenvalue weighted by Crippen LogP contribution is -2.48. The number of anilines is 1. The number of hydrogen-bond acceptors (Lipinski definition) is 1. The lowest BCUT2D eigenvalue weighted by molar-refractivity contribution is -0.114. The fraction of sp³-hybridized carbons (Fsp3) is 0.611. The van der Waals surface area contributed by atoms with E-state index in [1.807, 2.05) is 6.07 Å². The van der Waals surface area contributed by atoms with Crippen molar-refractivity contribution in [3.05, 3.63) is 29.6 Å². The highest BCUT2D eigenvalue weighted by molar-refractivity contribution is 5.88. The lowest BCUT2D eigenvalue weighted by Gasteiger charge is -2.57. The van der Waals surface area contributed by atoms with E-state index < -0.39 is 0 Å². The molecule has 0 heterocycles. The van der Waals surface area contributed by atoms with Gasteiger partial charge in [0.05, 0.1) is 5.69 Å². The van der Waals surface area contributed by atoms with Gasteiger partial charge in [-0.25, -0.2) is 4.39 Å². The Bertz CT molecular complexity index is 560. The summed E-state index contributed by atoms with van der Waals surface area (Å²) in [5, 5.41) is 2.56. The zero-order chi connectivity index (χ0) is 14.6. The first kappa shape index (κ1) is 13.3. The maximum absolute atomic E-state index is 14.3. The minimum Gasteiger partial charge on any atom is -0.324 e. The maximum atomic E-state index is 14.3. The number of carbonyl (C=O) groups excluding carboxylic acids is 1. The first-order valence-corrected chi connectivity index (χ1v) is 8.12. The summed E-state index contributed by atoms with van der Waals surface area (Å²) in [6.07, 6.45) is 7.89. The van der Waals surface area contributed by atoms with E-state index in [0.29, 0.717) is 5.69 Å². The van der Waals surface area contributed by atoms with Crippen LogP contribution in [0.15, 0.2) is 18.2 Å². The molecule has 4 aliphatic carbocycles. The highest BCUT2D eigenvalue weighted by Crippen LogP contribution is 2.60. The van der Waals surface area contributed by atoms with E-state index in [1.54, 1.807) is 12.1 Å². The Kier molecular flexibility index (Phi) is 2.88. The first-order chi connectivity index (χ1) is 10.0. The molecule has 0 radical (unpaired) electrons. The quantitative estimate of drug-likeness (QED) is 0.865. The van der Waals surface area contributed by atoms with Crippen LogP contribution in [0.5, 0.6) is 0 Å². The van der Waals surface area contributed by atoms with Gasteiger partial charge in [-0.1, -0.05) is 6.07 Å². The summed E-state index contributed by atoms with van der Waals surface area (Å²) in [5.41, 5.74) is 1.67. The third-order valence-corrected chi connectivity index (χ3v) is 5.93. The summed E-state index contributed by atoms with van der Waals surface area (Å²) < 4.78 is 14.3. The second-order valence-corrected chi connectivity index (χ2v) is 7.57. The summed E-state index contributed by atoms with van der Waals surface area (Å²) in [6, 6.07) is 5.46. The van der Waals surface area contributed by atoms with Crippen molar-refractivity contribution in [3.8, 4) is 0 Å². The van der Waals surface area contributed by atoms with Crippen LogP contribution in [0.3, 0.4) is 0 Å². The van der Waals surface area contributed by atoms with Crippen molar-refractivity contribution >= 4 is 11.6 Å². The van der Waals surface area contributed by atoms with Gasteiger partial charge in [0.1, 0.15) is 5.82 Å². The van der Waals surface area contributed by atoms with Crippen molar-refractivity contribution in [2.24, 2.45) is 17.8 Å². The van der Waals surface area contributed by atoms with Gasteiger partial charge in [0.2, 0.25) is 5.91 Å². The number of hydrogen-bond donors (Lipinski definition) is 1. The largest absolute Gasteiger partial charge is 0.324 e. The number of carbonyl (C=O) groups is 1. The predicted octanol–water partition coefficient (Wildman–Crippen LogP) is 4.25. The molecule has 1 amide bonds. The van der Waals surface area contributed by atoms with E-state index >= 15 is 0 Å². The molecule has 4 saturated carbocycles. The number of nitrogens with one attached hydrogen (secondary N) is 1. The molecule has 4 aliphatic rings. The minimum atomic E-state index is -0.293. The van der Waals surface area contributed by atoms with E-state index in [0.717, 1.165) is 23.3 Å². The monoisotopic (exact) mass is 287 g/mol. The Labute approximate surface area is 125 Å². The van der Waals surface area contributed by atoms with Crippen molar-refractivity contribution in [2.45, 2.75) is 50.9 Å². The van der Waals surface area contributed by atoms with Crippen LogP contribution in [0.1, 0.15) is 51.0 Å². The van der Waals surface area contributed by atoms with Crippen molar-refractivity contribution in [2.75, 3.05) is 5.32 Å². The van der Waals surface area contributed by atoms with Crippen LogP contribution >= 0.6 is 0 Å². The molecule has 0 saturated heterocycles. The molecule has 0 atom stereocenters. The van der Waals surface area contributed by atoms with E-state index in [9.17, 15) is 9.18 Å². The van der Waals surface area contributed by atoms with Gasteiger partial charge < -0.3 is 5.32 Å². The molecule has 1 aromatic carbocycles. The smallest absolute Gasteiger partial charge is 0.221 e. The van der Waals surface area contributed by atoms with Crippen LogP contribution in [0.4, 0.5) is 10.1 Å². The molecule has 4 bridgehead atoms. The second-order valence-electron chi connectivity index (χ2n) is 7.57. The highest BCUT2D eigenvalue weighted by Gasteiger charge is 2.51. The molecule has 0 aromatic heterocycles. The summed E-state index contributed by atoms with van der Waals surface area (Å²) in [7, 11) is 0. The Morgan fingerprint density at radius 2 is 1.71 bits per heavy atom. The fourth-order valence-electron chi connectivity index (χ4n) is 5.60. The molecular weight excluding hydrogens is 265 g/mol. The summed E-state index contributed by atoms with van der Waals surface area (Å²) >= 11 is 0. The molecule has 1 aromatic rings. The van der Waals surface area contributed by atoms with Crippen LogP contribution < -0.4 is 5.32 Å². The molecule has 5 rings (SSSR count). The maximum Gasteiger partial charge on any atom is 0.221 e. The molecular formula is C18H22FNO. The fourth-order valence-corrected chi connectivity index (χ4v) is 5.60. The number of benzene rings is 1. The number of halogens is 1. The topological polar surface area (TPSA) is 29.1 Å². The number of amides is 1. The van der Waals surface area contributed by atoms with Gasteiger partial charge in [0, 0.05) is 6.92 Å². The standard InChI is InChI=1S/C18H22FNO/c1-11(21)20-17-3-2-15(7-16(17)19)18-8-12-4-13(9-18)6-14(5-12)10-18/h2-3,7,12-14H,4-6,8-10H2,1H3,(H,20,21). The van der Waals surface area contributed by atoms with E-state index in [4.69, 9.17) is 0 Å². The zero-order valence-electron chi connectivity index (χ0n) is 12.5. The van der Waals surface area contributed by atoms with Crippen LogP contribution in [-0.2, 0) is 10.2 Å². The lowest BCUT2D eigenvalue weighted by atomic mass is 9.48. The van der Waals surface area contributed by atoms with Gasteiger partial charge >= 0.3 is 0 Å². The Morgan fingerprint density at radius 1 is 1.14 bits per heavy atom. The van der Waals surface area contributed by atoms with Crippen molar-refractivity contribution in [1.82, 2.24) is 0 Å². The van der Waals surface area contributed by atoms with Crippen LogP contribution in [0.2, 0.25) is 0 Å². The van der Waals surface area contributed by atoms with E-state index in [-0.39, 0.29) is 17.1 Å². The second kappa shape index (κ2) is 4.56. The summed E-state index contributed by atoms with van der Waals surface area (Å²) in [5.74, 6) is 2.05. The predicted molar refractivity (Wildman–Crippen MR) is 80.6 cm³/mol. The molecule has 0 spiro atoms. The van der Waals surface area contributed by atoms with Crippen LogP contribution in [0.25, 0.3) is 0 Å². The van der Waals surface area contributed by atoms with Crippen LogP contribution in [-0.4, -0.2) is 5.91 Å². The third-order valence-electron chi connectivity index (χ3n) is 5.93. The Balaban J connectivity index is 1.67.